The lowest BCUT2D eigenvalue weighted by atomic mass is 9.86. The molecule has 1 aromatic carbocycles. The third-order valence-electron chi connectivity index (χ3n) is 3.28. The smallest absolute Gasteiger partial charge is 0.323 e. The molecule has 19 heavy (non-hydrogen) atoms. The summed E-state index contributed by atoms with van der Waals surface area (Å²) in [6.07, 6.45) is 0. The molecule has 102 valence electrons. The van der Waals surface area contributed by atoms with Crippen LogP contribution >= 0.6 is 15.9 Å². The molecule has 1 amide bonds. The van der Waals surface area contributed by atoms with Crippen molar-refractivity contribution in [3.8, 4) is 5.75 Å². The second kappa shape index (κ2) is 4.52. The Morgan fingerprint density at radius 3 is 2.63 bits per heavy atom. The summed E-state index contributed by atoms with van der Waals surface area (Å²) in [5.74, 6) is -0.798. The van der Waals surface area contributed by atoms with Gasteiger partial charge in [0.15, 0.2) is 0 Å². The van der Waals surface area contributed by atoms with Gasteiger partial charge >= 0.3 is 5.97 Å². The number of methoxy groups -OCH3 is 1. The van der Waals surface area contributed by atoms with Crippen molar-refractivity contribution in [2.24, 2.45) is 0 Å². The summed E-state index contributed by atoms with van der Waals surface area (Å²) in [5.41, 5.74) is 0.551. The van der Waals surface area contributed by atoms with E-state index in [0.717, 1.165) is 10.0 Å². The third-order valence-corrected chi connectivity index (χ3v) is 3.73. The first-order valence-corrected chi connectivity index (χ1v) is 6.50. The molecule has 0 unspecified atom stereocenters. The predicted octanol–water partition coefficient (Wildman–Crippen LogP) is 2.17. The number of aliphatic carboxylic acids is 1. The largest absolute Gasteiger partial charge is 0.495 e. The zero-order valence-corrected chi connectivity index (χ0v) is 12.4. The second-order valence-electron chi connectivity index (χ2n) is 4.91. The van der Waals surface area contributed by atoms with Gasteiger partial charge in [-0.05, 0) is 31.5 Å². The standard InChI is InChI=1S/C13H14BrNO4/c1-13(2)8-4-7(14)5-9(19-3)11(8)15(12(13)18)6-10(16)17/h4-5H,6H2,1-3H3,(H,16,17). The second-order valence-corrected chi connectivity index (χ2v) is 5.83. The number of anilines is 1. The van der Waals surface area contributed by atoms with Crippen molar-refractivity contribution in [1.82, 2.24) is 0 Å². The molecule has 1 aliphatic rings. The van der Waals surface area contributed by atoms with Crippen LogP contribution in [0, 0.1) is 0 Å². The van der Waals surface area contributed by atoms with Crippen molar-refractivity contribution in [2.45, 2.75) is 19.3 Å². The first-order chi connectivity index (χ1) is 8.78. The van der Waals surface area contributed by atoms with Gasteiger partial charge in [0.1, 0.15) is 12.3 Å². The number of fused-ring (bicyclic) bond motifs is 1. The van der Waals surface area contributed by atoms with E-state index >= 15 is 0 Å². The van der Waals surface area contributed by atoms with Crippen LogP contribution in [0.25, 0.3) is 0 Å². The highest BCUT2D eigenvalue weighted by atomic mass is 79.9. The molecule has 0 fully saturated rings. The van der Waals surface area contributed by atoms with E-state index in [9.17, 15) is 9.59 Å². The molecule has 0 atom stereocenters. The number of ether oxygens (including phenoxy) is 1. The number of carbonyl (C=O) groups is 2. The van der Waals surface area contributed by atoms with Gasteiger partial charge < -0.3 is 9.84 Å². The van der Waals surface area contributed by atoms with E-state index in [-0.39, 0.29) is 12.5 Å². The zero-order valence-electron chi connectivity index (χ0n) is 10.9. The number of hydrogen-bond donors (Lipinski definition) is 1. The van der Waals surface area contributed by atoms with E-state index in [1.807, 2.05) is 6.07 Å². The first-order valence-electron chi connectivity index (χ1n) is 5.70. The Labute approximate surface area is 119 Å². The maximum atomic E-state index is 12.4. The summed E-state index contributed by atoms with van der Waals surface area (Å²) >= 11 is 3.37. The normalized spacial score (nSPS) is 16.4. The number of benzene rings is 1. The van der Waals surface area contributed by atoms with Crippen molar-refractivity contribution in [3.05, 3.63) is 22.2 Å². The maximum absolute atomic E-state index is 12.4. The molecule has 0 aromatic heterocycles. The highest BCUT2D eigenvalue weighted by Gasteiger charge is 2.46. The Hall–Kier alpha value is -1.56. The molecule has 0 spiro atoms. The van der Waals surface area contributed by atoms with Crippen LogP contribution in [-0.4, -0.2) is 30.6 Å². The maximum Gasteiger partial charge on any atom is 0.323 e. The average molecular weight is 328 g/mol. The molecular weight excluding hydrogens is 314 g/mol. The Balaban J connectivity index is 2.67. The predicted molar refractivity (Wildman–Crippen MR) is 73.7 cm³/mol. The van der Waals surface area contributed by atoms with Crippen molar-refractivity contribution in [2.75, 3.05) is 18.6 Å². The van der Waals surface area contributed by atoms with E-state index in [1.54, 1.807) is 19.9 Å². The fourth-order valence-electron chi connectivity index (χ4n) is 2.32. The minimum Gasteiger partial charge on any atom is -0.495 e. The summed E-state index contributed by atoms with van der Waals surface area (Å²) in [5, 5.41) is 8.96. The van der Waals surface area contributed by atoms with Crippen molar-refractivity contribution < 1.29 is 19.4 Å². The molecule has 0 saturated carbocycles. The van der Waals surface area contributed by atoms with Gasteiger partial charge in [0.25, 0.3) is 0 Å². The molecule has 0 bridgehead atoms. The van der Waals surface area contributed by atoms with Crippen LogP contribution in [0.4, 0.5) is 5.69 Å². The first kappa shape index (κ1) is 13.9. The highest BCUT2D eigenvalue weighted by Crippen LogP contribution is 2.48. The Bertz CT molecular complexity index is 568. The Kier molecular flexibility index (Phi) is 3.30. The van der Waals surface area contributed by atoms with Gasteiger partial charge in [-0.25, -0.2) is 0 Å². The number of halogens is 1. The zero-order chi connectivity index (χ0) is 14.4. The number of carboxylic acids is 1. The van der Waals surface area contributed by atoms with Crippen molar-refractivity contribution in [1.29, 1.82) is 0 Å². The summed E-state index contributed by atoms with van der Waals surface area (Å²) in [6, 6.07) is 3.56. The van der Waals surface area contributed by atoms with Crippen LogP contribution < -0.4 is 9.64 Å². The van der Waals surface area contributed by atoms with Gasteiger partial charge in [0.05, 0.1) is 18.2 Å². The SMILES string of the molecule is COc1cc(Br)cc2c1N(CC(=O)O)C(=O)C2(C)C. The van der Waals surface area contributed by atoms with Crippen LogP contribution in [0.1, 0.15) is 19.4 Å². The van der Waals surface area contributed by atoms with Gasteiger partial charge in [0, 0.05) is 4.47 Å². The Morgan fingerprint density at radius 2 is 2.11 bits per heavy atom. The van der Waals surface area contributed by atoms with Gasteiger partial charge in [0.2, 0.25) is 5.91 Å². The minimum atomic E-state index is -1.05. The lowest BCUT2D eigenvalue weighted by Crippen LogP contribution is -2.39. The summed E-state index contributed by atoms with van der Waals surface area (Å²) in [4.78, 5) is 24.6. The van der Waals surface area contributed by atoms with Gasteiger partial charge in [-0.2, -0.15) is 0 Å². The molecule has 1 heterocycles. The number of carbonyl (C=O) groups excluding carboxylic acids is 1. The molecule has 0 aliphatic carbocycles. The molecule has 1 N–H and O–H groups in total. The average Bonchev–Trinajstić information content (AvgIpc) is 2.50. The van der Waals surface area contributed by atoms with Crippen LogP contribution in [0.2, 0.25) is 0 Å². The fraction of sp³-hybridized carbons (Fsp3) is 0.385. The fourth-order valence-corrected chi connectivity index (χ4v) is 2.76. The van der Waals surface area contributed by atoms with Gasteiger partial charge in [-0.15, -0.1) is 0 Å². The van der Waals surface area contributed by atoms with Crippen molar-refractivity contribution in [3.63, 3.8) is 0 Å². The summed E-state index contributed by atoms with van der Waals surface area (Å²) in [7, 11) is 1.50. The molecule has 2 rings (SSSR count). The monoisotopic (exact) mass is 327 g/mol. The van der Waals surface area contributed by atoms with E-state index in [0.29, 0.717) is 11.4 Å². The summed E-state index contributed by atoms with van der Waals surface area (Å²) < 4.78 is 6.07. The molecule has 6 heteroatoms. The molecular formula is C13H14BrNO4. The topological polar surface area (TPSA) is 66.8 Å². The number of hydrogen-bond acceptors (Lipinski definition) is 3. The molecule has 1 aromatic rings. The third kappa shape index (κ3) is 2.10. The highest BCUT2D eigenvalue weighted by molar-refractivity contribution is 9.10. The van der Waals surface area contributed by atoms with Gasteiger partial charge in [-0.3, -0.25) is 14.5 Å². The number of amides is 1. The van der Waals surface area contributed by atoms with Gasteiger partial charge in [-0.1, -0.05) is 15.9 Å². The van der Waals surface area contributed by atoms with E-state index in [2.05, 4.69) is 15.9 Å². The van der Waals surface area contributed by atoms with Crippen LogP contribution in [-0.2, 0) is 15.0 Å². The van der Waals surface area contributed by atoms with Crippen LogP contribution in [0.3, 0.4) is 0 Å². The lowest BCUT2D eigenvalue weighted by Gasteiger charge is -2.18. The van der Waals surface area contributed by atoms with E-state index < -0.39 is 11.4 Å². The van der Waals surface area contributed by atoms with Crippen LogP contribution in [0.15, 0.2) is 16.6 Å². The van der Waals surface area contributed by atoms with Crippen LogP contribution in [0.5, 0.6) is 5.75 Å². The minimum absolute atomic E-state index is 0.235. The molecule has 0 radical (unpaired) electrons. The molecule has 0 saturated heterocycles. The number of nitrogens with zero attached hydrogens (tertiary/aromatic N) is 1. The lowest BCUT2D eigenvalue weighted by molar-refractivity contribution is -0.137. The Morgan fingerprint density at radius 1 is 1.47 bits per heavy atom. The molecule has 1 aliphatic heterocycles. The molecule has 5 nitrogen and oxygen atoms in total. The summed E-state index contributed by atoms with van der Waals surface area (Å²) in [6.45, 7) is 3.19. The van der Waals surface area contributed by atoms with Crippen molar-refractivity contribution >= 4 is 33.5 Å². The van der Waals surface area contributed by atoms with E-state index in [4.69, 9.17) is 9.84 Å². The number of rotatable bonds is 3. The quantitative estimate of drug-likeness (QED) is 0.923. The van der Waals surface area contributed by atoms with E-state index in [1.165, 1.54) is 12.0 Å². The number of carboxylic acid groups (broad SMARTS) is 1.